The quantitative estimate of drug-likeness (QED) is 0.564. The smallest absolute Gasteiger partial charge is 0.225 e. The molecule has 7 nitrogen and oxygen atoms in total. The molecule has 0 radical (unpaired) electrons. The van der Waals surface area contributed by atoms with Gasteiger partial charge in [0.15, 0.2) is 11.5 Å². The van der Waals surface area contributed by atoms with Gasteiger partial charge in [0, 0.05) is 17.7 Å². The zero-order valence-corrected chi connectivity index (χ0v) is 14.7. The van der Waals surface area contributed by atoms with E-state index in [-0.39, 0.29) is 11.9 Å². The third-order valence-corrected chi connectivity index (χ3v) is 4.85. The molecule has 8 heteroatoms. The third-order valence-electron chi connectivity index (χ3n) is 4.85. The number of halogens is 1. The first-order chi connectivity index (χ1) is 13.2. The van der Waals surface area contributed by atoms with Gasteiger partial charge in [-0.1, -0.05) is 12.1 Å². The van der Waals surface area contributed by atoms with E-state index >= 15 is 0 Å². The highest BCUT2D eigenvalue weighted by atomic mass is 19.1. The van der Waals surface area contributed by atoms with E-state index in [1.54, 1.807) is 24.7 Å². The molecule has 1 aromatic carbocycles. The van der Waals surface area contributed by atoms with Gasteiger partial charge in [-0.05, 0) is 37.5 Å². The molecule has 1 saturated carbocycles. The average molecular weight is 363 g/mol. The fourth-order valence-corrected chi connectivity index (χ4v) is 3.13. The van der Waals surface area contributed by atoms with Crippen LogP contribution in [0.3, 0.4) is 0 Å². The first kappa shape index (κ1) is 15.9. The molecule has 1 aliphatic rings. The van der Waals surface area contributed by atoms with E-state index in [2.05, 4.69) is 36.5 Å². The SMILES string of the molecule is C[C@@H](Nc1ncc2ncn(-c3cc(C4CC4)[nH]n3)c2n1)c1ccc(F)cc1. The van der Waals surface area contributed by atoms with E-state index in [0.29, 0.717) is 23.0 Å². The van der Waals surface area contributed by atoms with Gasteiger partial charge in [-0.15, -0.1) is 0 Å². The Hall–Kier alpha value is -3.29. The molecule has 3 aromatic heterocycles. The van der Waals surface area contributed by atoms with Gasteiger partial charge < -0.3 is 5.32 Å². The molecule has 1 aliphatic carbocycles. The Labute approximate surface area is 154 Å². The van der Waals surface area contributed by atoms with Gasteiger partial charge in [0.05, 0.1) is 12.2 Å². The predicted octanol–water partition coefficient (Wildman–Crippen LogP) is 3.73. The van der Waals surface area contributed by atoms with Crippen molar-refractivity contribution in [3.8, 4) is 5.82 Å². The average Bonchev–Trinajstić information content (AvgIpc) is 3.26. The van der Waals surface area contributed by atoms with Crippen LogP contribution < -0.4 is 5.32 Å². The number of rotatable bonds is 5. The summed E-state index contributed by atoms with van der Waals surface area (Å²) in [6, 6.07) is 8.38. The number of imidazole rings is 1. The molecule has 27 heavy (non-hydrogen) atoms. The lowest BCUT2D eigenvalue weighted by molar-refractivity contribution is 0.626. The summed E-state index contributed by atoms with van der Waals surface area (Å²) in [6.07, 6.45) is 5.82. The van der Waals surface area contributed by atoms with Gasteiger partial charge in [-0.3, -0.25) is 9.67 Å². The topological polar surface area (TPSA) is 84.3 Å². The predicted molar refractivity (Wildman–Crippen MR) is 99.2 cm³/mol. The van der Waals surface area contributed by atoms with Crippen molar-refractivity contribution in [1.29, 1.82) is 0 Å². The summed E-state index contributed by atoms with van der Waals surface area (Å²) in [6.45, 7) is 1.98. The Morgan fingerprint density at radius 3 is 2.81 bits per heavy atom. The van der Waals surface area contributed by atoms with Crippen molar-refractivity contribution in [3.63, 3.8) is 0 Å². The normalized spacial score (nSPS) is 15.2. The molecule has 0 bridgehead atoms. The van der Waals surface area contributed by atoms with E-state index < -0.39 is 0 Å². The van der Waals surface area contributed by atoms with Crippen LogP contribution in [0.25, 0.3) is 17.0 Å². The van der Waals surface area contributed by atoms with Crippen LogP contribution in [-0.2, 0) is 0 Å². The van der Waals surface area contributed by atoms with Crippen LogP contribution in [0, 0.1) is 5.82 Å². The number of benzene rings is 1. The maximum atomic E-state index is 13.1. The lowest BCUT2D eigenvalue weighted by atomic mass is 10.1. The monoisotopic (exact) mass is 363 g/mol. The maximum absolute atomic E-state index is 13.1. The summed E-state index contributed by atoms with van der Waals surface area (Å²) >= 11 is 0. The van der Waals surface area contributed by atoms with E-state index in [9.17, 15) is 4.39 Å². The standard InChI is InChI=1S/C19H18FN7/c1-11(12-4-6-14(20)7-5-12)23-19-21-9-16-18(24-19)27(10-22-16)17-8-15(25-26-17)13-2-3-13/h4-11,13H,2-3H2,1H3,(H,25,26)(H,21,23,24)/t11-/m1/s1. The Morgan fingerprint density at radius 2 is 2.04 bits per heavy atom. The molecule has 0 aliphatic heterocycles. The lowest BCUT2D eigenvalue weighted by Crippen LogP contribution is -2.10. The molecule has 0 spiro atoms. The summed E-state index contributed by atoms with van der Waals surface area (Å²) in [5.74, 6) is 1.61. The van der Waals surface area contributed by atoms with Gasteiger partial charge >= 0.3 is 0 Å². The maximum Gasteiger partial charge on any atom is 0.225 e. The fourth-order valence-electron chi connectivity index (χ4n) is 3.13. The summed E-state index contributed by atoms with van der Waals surface area (Å²) < 4.78 is 15.0. The molecule has 4 aromatic rings. The van der Waals surface area contributed by atoms with Gasteiger partial charge in [0.2, 0.25) is 5.95 Å². The zero-order valence-electron chi connectivity index (χ0n) is 14.7. The second-order valence-electron chi connectivity index (χ2n) is 6.89. The van der Waals surface area contributed by atoms with E-state index in [0.717, 1.165) is 17.1 Å². The van der Waals surface area contributed by atoms with E-state index in [1.165, 1.54) is 25.0 Å². The number of fused-ring (bicyclic) bond motifs is 1. The van der Waals surface area contributed by atoms with Crippen molar-refractivity contribution in [2.24, 2.45) is 0 Å². The first-order valence-corrected chi connectivity index (χ1v) is 8.95. The summed E-state index contributed by atoms with van der Waals surface area (Å²) in [5, 5.41) is 10.8. The van der Waals surface area contributed by atoms with Crippen LogP contribution in [0.5, 0.6) is 0 Å². The van der Waals surface area contributed by atoms with Crippen molar-refractivity contribution in [1.82, 2.24) is 29.7 Å². The van der Waals surface area contributed by atoms with Crippen LogP contribution in [0.4, 0.5) is 10.3 Å². The number of hydrogen-bond acceptors (Lipinski definition) is 5. The van der Waals surface area contributed by atoms with Crippen LogP contribution in [0.15, 0.2) is 42.9 Å². The second kappa shape index (κ2) is 6.15. The highest BCUT2D eigenvalue weighted by molar-refractivity contribution is 5.72. The molecule has 0 unspecified atom stereocenters. The number of aromatic nitrogens is 6. The molecule has 3 heterocycles. The van der Waals surface area contributed by atoms with Crippen LogP contribution in [0.1, 0.15) is 43.0 Å². The molecule has 2 N–H and O–H groups in total. The number of aromatic amines is 1. The molecule has 0 amide bonds. The highest BCUT2D eigenvalue weighted by Crippen LogP contribution is 2.39. The molecule has 1 atom stereocenters. The summed E-state index contributed by atoms with van der Waals surface area (Å²) in [5.41, 5.74) is 3.50. The number of hydrogen-bond donors (Lipinski definition) is 2. The van der Waals surface area contributed by atoms with Crippen molar-refractivity contribution >= 4 is 17.1 Å². The molecule has 5 rings (SSSR count). The third kappa shape index (κ3) is 3.03. The van der Waals surface area contributed by atoms with Crippen LogP contribution in [0.2, 0.25) is 0 Å². The van der Waals surface area contributed by atoms with Crippen molar-refractivity contribution < 1.29 is 4.39 Å². The lowest BCUT2D eigenvalue weighted by Gasteiger charge is -2.14. The second-order valence-corrected chi connectivity index (χ2v) is 6.89. The number of nitrogens with zero attached hydrogens (tertiary/aromatic N) is 5. The minimum Gasteiger partial charge on any atom is -0.348 e. The Bertz CT molecular complexity index is 1090. The molecule has 0 saturated heterocycles. The van der Waals surface area contributed by atoms with Crippen molar-refractivity contribution in [2.75, 3.05) is 5.32 Å². The van der Waals surface area contributed by atoms with Crippen LogP contribution in [-0.4, -0.2) is 29.7 Å². The van der Waals surface area contributed by atoms with Gasteiger partial charge in [-0.25, -0.2) is 14.4 Å². The van der Waals surface area contributed by atoms with E-state index in [1.807, 2.05) is 11.5 Å². The Kier molecular flexibility index (Phi) is 3.63. The number of H-pyrrole nitrogens is 1. The largest absolute Gasteiger partial charge is 0.348 e. The Morgan fingerprint density at radius 1 is 1.22 bits per heavy atom. The van der Waals surface area contributed by atoms with Crippen LogP contribution >= 0.6 is 0 Å². The molecule has 1 fully saturated rings. The number of nitrogens with one attached hydrogen (secondary N) is 2. The highest BCUT2D eigenvalue weighted by Gasteiger charge is 2.26. The van der Waals surface area contributed by atoms with Gasteiger partial charge in [0.25, 0.3) is 0 Å². The minimum absolute atomic E-state index is 0.0636. The molecule has 136 valence electrons. The molecular weight excluding hydrogens is 345 g/mol. The molecular formula is C19H18FN7. The van der Waals surface area contributed by atoms with E-state index in [4.69, 9.17) is 0 Å². The van der Waals surface area contributed by atoms with Crippen molar-refractivity contribution in [2.45, 2.75) is 31.7 Å². The number of anilines is 1. The van der Waals surface area contributed by atoms with Crippen molar-refractivity contribution in [3.05, 3.63) is 59.9 Å². The Balaban J connectivity index is 1.44. The summed E-state index contributed by atoms with van der Waals surface area (Å²) in [4.78, 5) is 13.3. The minimum atomic E-state index is -0.253. The zero-order chi connectivity index (χ0) is 18.4. The first-order valence-electron chi connectivity index (χ1n) is 8.95. The van der Waals surface area contributed by atoms with Gasteiger partial charge in [-0.2, -0.15) is 10.1 Å². The van der Waals surface area contributed by atoms with Gasteiger partial charge in [0.1, 0.15) is 17.7 Å². The fraction of sp³-hybridized carbons (Fsp3) is 0.263. The summed E-state index contributed by atoms with van der Waals surface area (Å²) in [7, 11) is 0.